The van der Waals surface area contributed by atoms with Crippen LogP contribution in [0.3, 0.4) is 0 Å². The molecule has 0 amide bonds. The molecule has 1 saturated heterocycles. The van der Waals surface area contributed by atoms with Gasteiger partial charge in [0.05, 0.1) is 12.2 Å². The molecule has 3 atom stereocenters. The van der Waals surface area contributed by atoms with Crippen molar-refractivity contribution in [2.24, 2.45) is 5.73 Å². The lowest BCUT2D eigenvalue weighted by Gasteiger charge is -2.29. The monoisotopic (exact) mass is 486 g/mol. The van der Waals surface area contributed by atoms with Crippen LogP contribution in [0.25, 0.3) is 28.1 Å². The van der Waals surface area contributed by atoms with E-state index in [1.807, 2.05) is 38.1 Å². The number of halogens is 3. The zero-order chi connectivity index (χ0) is 24.9. The van der Waals surface area contributed by atoms with E-state index < -0.39 is 24.4 Å². The van der Waals surface area contributed by atoms with Crippen molar-refractivity contribution in [3.63, 3.8) is 0 Å². The highest BCUT2D eigenvalue weighted by molar-refractivity contribution is 5.86. The maximum Gasteiger partial charge on any atom is 0.408 e. The van der Waals surface area contributed by atoms with Crippen LogP contribution < -0.4 is 10.5 Å². The second-order valence-electron chi connectivity index (χ2n) is 9.03. The summed E-state index contributed by atoms with van der Waals surface area (Å²) in [7, 11) is 0. The topological polar surface area (TPSA) is 102 Å². The van der Waals surface area contributed by atoms with E-state index in [9.17, 15) is 18.3 Å². The number of aliphatic hydroxyl groups is 1. The van der Waals surface area contributed by atoms with Gasteiger partial charge in [-0.05, 0) is 37.6 Å². The first-order valence-electron chi connectivity index (χ1n) is 11.3. The van der Waals surface area contributed by atoms with Gasteiger partial charge < -0.3 is 15.6 Å². The number of ether oxygens (including phenoxy) is 1. The SMILES string of the molecule is CC(C)Oc1cccc2ccc(-c3nnc4ccc([C@@H](N5C[C@@H](N)[C@H](O)C5)C(F)(F)F)cn34)nc12. The van der Waals surface area contributed by atoms with Crippen molar-refractivity contribution in [2.45, 2.75) is 44.3 Å². The molecular formula is C24H25F3N6O2. The van der Waals surface area contributed by atoms with Gasteiger partial charge in [-0.25, -0.2) is 4.98 Å². The van der Waals surface area contributed by atoms with Crippen LogP contribution in [-0.2, 0) is 0 Å². The summed E-state index contributed by atoms with van der Waals surface area (Å²) >= 11 is 0. The van der Waals surface area contributed by atoms with Gasteiger partial charge in [-0.15, -0.1) is 10.2 Å². The van der Waals surface area contributed by atoms with Gasteiger partial charge in [-0.3, -0.25) is 9.30 Å². The van der Waals surface area contributed by atoms with Crippen LogP contribution in [-0.4, -0.2) is 67.1 Å². The number of hydrogen-bond donors (Lipinski definition) is 2. The molecular weight excluding hydrogens is 461 g/mol. The predicted molar refractivity (Wildman–Crippen MR) is 124 cm³/mol. The molecule has 0 spiro atoms. The number of para-hydroxylation sites is 1. The van der Waals surface area contributed by atoms with E-state index in [1.54, 1.807) is 6.07 Å². The average molecular weight is 486 g/mol. The summed E-state index contributed by atoms with van der Waals surface area (Å²) in [5.74, 6) is 0.914. The van der Waals surface area contributed by atoms with Crippen molar-refractivity contribution in [2.75, 3.05) is 13.1 Å². The summed E-state index contributed by atoms with van der Waals surface area (Å²) in [5, 5.41) is 19.1. The highest BCUT2D eigenvalue weighted by Gasteiger charge is 2.48. The number of pyridine rings is 2. The highest BCUT2D eigenvalue weighted by atomic mass is 19.4. The fourth-order valence-electron chi connectivity index (χ4n) is 4.50. The molecule has 0 unspecified atom stereocenters. The first-order chi connectivity index (χ1) is 16.6. The van der Waals surface area contributed by atoms with Crippen molar-refractivity contribution >= 4 is 16.6 Å². The fraction of sp³-hybridized carbons (Fsp3) is 0.375. The maximum absolute atomic E-state index is 14.2. The smallest absolute Gasteiger partial charge is 0.408 e. The number of hydrogen-bond acceptors (Lipinski definition) is 7. The van der Waals surface area contributed by atoms with Gasteiger partial charge in [0.2, 0.25) is 0 Å². The van der Waals surface area contributed by atoms with E-state index in [-0.39, 0.29) is 24.8 Å². The normalized spacial score (nSPS) is 20.2. The number of β-amino-alcohol motifs (C(OH)–C–C–N with tert-alkyl or cyclic N) is 1. The second kappa shape index (κ2) is 8.74. The van der Waals surface area contributed by atoms with E-state index in [2.05, 4.69) is 10.2 Å². The van der Waals surface area contributed by atoms with E-state index in [0.717, 1.165) is 10.3 Å². The highest BCUT2D eigenvalue weighted by Crippen LogP contribution is 2.39. The lowest BCUT2D eigenvalue weighted by Crippen LogP contribution is -2.38. The van der Waals surface area contributed by atoms with Crippen LogP contribution >= 0.6 is 0 Å². The quantitative estimate of drug-likeness (QED) is 0.446. The number of fused-ring (bicyclic) bond motifs is 2. The van der Waals surface area contributed by atoms with Gasteiger partial charge in [0.25, 0.3) is 0 Å². The van der Waals surface area contributed by atoms with Crippen LogP contribution in [0.4, 0.5) is 13.2 Å². The van der Waals surface area contributed by atoms with Crippen LogP contribution in [0.15, 0.2) is 48.7 Å². The third-order valence-electron chi connectivity index (χ3n) is 6.05. The Hall–Kier alpha value is -3.28. The molecule has 0 aliphatic carbocycles. The zero-order valence-corrected chi connectivity index (χ0v) is 19.1. The minimum atomic E-state index is -4.57. The Morgan fingerprint density at radius 2 is 1.89 bits per heavy atom. The molecule has 1 fully saturated rings. The number of aliphatic hydroxyl groups excluding tert-OH is 1. The number of alkyl halides is 3. The second-order valence-corrected chi connectivity index (χ2v) is 9.03. The van der Waals surface area contributed by atoms with Crippen molar-refractivity contribution in [1.29, 1.82) is 0 Å². The number of benzene rings is 1. The van der Waals surface area contributed by atoms with Gasteiger partial charge >= 0.3 is 6.18 Å². The molecule has 1 aromatic carbocycles. The van der Waals surface area contributed by atoms with E-state index in [4.69, 9.17) is 15.5 Å². The van der Waals surface area contributed by atoms with Gasteiger partial charge in [0.1, 0.15) is 23.0 Å². The molecule has 11 heteroatoms. The Morgan fingerprint density at radius 1 is 1.09 bits per heavy atom. The number of rotatable bonds is 5. The first kappa shape index (κ1) is 23.5. The number of nitrogens with zero attached hydrogens (tertiary/aromatic N) is 5. The zero-order valence-electron chi connectivity index (χ0n) is 19.1. The fourth-order valence-corrected chi connectivity index (χ4v) is 4.50. The molecule has 1 aliphatic rings. The Morgan fingerprint density at radius 3 is 2.57 bits per heavy atom. The molecule has 1 aliphatic heterocycles. The predicted octanol–water partition coefficient (Wildman–Crippen LogP) is 3.34. The van der Waals surface area contributed by atoms with Gasteiger partial charge in [0.15, 0.2) is 11.5 Å². The molecule has 0 saturated carbocycles. The molecule has 4 heterocycles. The molecule has 35 heavy (non-hydrogen) atoms. The number of nitrogens with two attached hydrogens (primary N) is 1. The lowest BCUT2D eigenvalue weighted by atomic mass is 10.1. The summed E-state index contributed by atoms with van der Waals surface area (Å²) in [6, 6.07) is 9.42. The molecule has 0 bridgehead atoms. The molecule has 3 N–H and O–H groups in total. The summed E-state index contributed by atoms with van der Waals surface area (Å²) in [6.45, 7) is 3.60. The van der Waals surface area contributed by atoms with E-state index >= 15 is 0 Å². The van der Waals surface area contributed by atoms with Crippen LogP contribution in [0, 0.1) is 0 Å². The number of aromatic nitrogens is 4. The third kappa shape index (κ3) is 4.42. The average Bonchev–Trinajstić information content (AvgIpc) is 3.35. The van der Waals surface area contributed by atoms with Crippen molar-refractivity contribution in [3.8, 4) is 17.3 Å². The van der Waals surface area contributed by atoms with Crippen molar-refractivity contribution in [1.82, 2.24) is 24.5 Å². The van der Waals surface area contributed by atoms with Gasteiger partial charge in [0, 0.05) is 30.7 Å². The van der Waals surface area contributed by atoms with E-state index in [0.29, 0.717) is 28.4 Å². The molecule has 8 nitrogen and oxygen atoms in total. The number of likely N-dealkylation sites (tertiary alicyclic amines) is 1. The summed E-state index contributed by atoms with van der Waals surface area (Å²) in [6.07, 6.45) is -4.27. The molecule has 3 aromatic heterocycles. The largest absolute Gasteiger partial charge is 0.489 e. The minimum absolute atomic E-state index is 0.00281. The summed E-state index contributed by atoms with van der Waals surface area (Å²) in [4.78, 5) is 5.87. The Kier molecular flexibility index (Phi) is 5.86. The summed E-state index contributed by atoms with van der Waals surface area (Å²) in [5.41, 5.74) is 7.24. The Labute approximate surface area is 199 Å². The van der Waals surface area contributed by atoms with Gasteiger partial charge in [-0.1, -0.05) is 24.3 Å². The lowest BCUT2D eigenvalue weighted by molar-refractivity contribution is -0.184. The Balaban J connectivity index is 1.60. The van der Waals surface area contributed by atoms with Crippen molar-refractivity contribution in [3.05, 3.63) is 54.2 Å². The van der Waals surface area contributed by atoms with Crippen LogP contribution in [0.5, 0.6) is 5.75 Å². The molecule has 5 rings (SSSR count). The minimum Gasteiger partial charge on any atom is -0.489 e. The molecule has 4 aromatic rings. The summed E-state index contributed by atoms with van der Waals surface area (Å²) < 4.78 is 49.8. The standard InChI is InChI=1S/C24H25F3N6O2/c1-13(2)35-19-5-3-4-14-6-8-17(29-21(14)19)23-31-30-20-9-7-15(10-33(20)23)22(24(25,26)27)32-11-16(28)18(34)12-32/h3-10,13,16,18,22,34H,11-12,28H2,1-2H3/t16-,18-,22-/m1/s1. The van der Waals surface area contributed by atoms with Gasteiger partial charge in [-0.2, -0.15) is 13.2 Å². The molecule has 184 valence electrons. The first-order valence-corrected chi connectivity index (χ1v) is 11.3. The maximum atomic E-state index is 14.2. The third-order valence-corrected chi connectivity index (χ3v) is 6.05. The van der Waals surface area contributed by atoms with Crippen molar-refractivity contribution < 1.29 is 23.0 Å². The molecule has 0 radical (unpaired) electrons. The van der Waals surface area contributed by atoms with Crippen LogP contribution in [0.1, 0.15) is 25.5 Å². The van der Waals surface area contributed by atoms with Crippen LogP contribution in [0.2, 0.25) is 0 Å². The Bertz CT molecular complexity index is 1360. The van der Waals surface area contributed by atoms with E-state index in [1.165, 1.54) is 22.7 Å².